The summed E-state index contributed by atoms with van der Waals surface area (Å²) in [7, 11) is 1.96. The van der Waals surface area contributed by atoms with Gasteiger partial charge in [-0.15, -0.1) is 11.6 Å². The maximum atomic E-state index is 6.27. The number of alkyl halides is 1. The highest BCUT2D eigenvalue weighted by atomic mass is 35.5. The molecular weight excluding hydrogens is 271 g/mol. The van der Waals surface area contributed by atoms with E-state index in [1.54, 1.807) is 0 Å². The normalized spacial score (nSPS) is 18.4. The molecule has 0 spiro atoms. The standard InChI is InChI=1S/C12H20Cl2N4/c1-10-12(14)11(16(2)15-10)9-18-7-5-17(4-3-13)6-8-18/h3-9H2,1-2H3. The molecule has 0 N–H and O–H groups in total. The van der Waals surface area contributed by atoms with Gasteiger partial charge in [-0.25, -0.2) is 0 Å². The summed E-state index contributed by atoms with van der Waals surface area (Å²) in [5.41, 5.74) is 2.02. The van der Waals surface area contributed by atoms with Gasteiger partial charge in [-0.3, -0.25) is 14.5 Å². The predicted octanol–water partition coefficient (Wildman–Crippen LogP) is 1.74. The van der Waals surface area contributed by atoms with Gasteiger partial charge < -0.3 is 0 Å². The summed E-state index contributed by atoms with van der Waals surface area (Å²) in [5.74, 6) is 0.715. The molecular formula is C12H20Cl2N4. The molecule has 18 heavy (non-hydrogen) atoms. The van der Waals surface area contributed by atoms with Crippen LogP contribution in [0.4, 0.5) is 0 Å². The lowest BCUT2D eigenvalue weighted by Gasteiger charge is -2.34. The van der Waals surface area contributed by atoms with Gasteiger partial charge >= 0.3 is 0 Å². The molecule has 0 atom stereocenters. The average Bonchev–Trinajstić information content (AvgIpc) is 2.59. The Bertz CT molecular complexity index is 397. The van der Waals surface area contributed by atoms with Gasteiger partial charge in [0.25, 0.3) is 0 Å². The Hall–Kier alpha value is -0.290. The molecule has 0 aromatic carbocycles. The number of nitrogens with zero attached hydrogens (tertiary/aromatic N) is 4. The van der Waals surface area contributed by atoms with Crippen LogP contribution in [-0.4, -0.2) is 58.2 Å². The SMILES string of the molecule is Cc1nn(C)c(CN2CCN(CCCl)CC2)c1Cl. The third-order valence-corrected chi connectivity index (χ3v) is 4.16. The average molecular weight is 291 g/mol. The largest absolute Gasteiger partial charge is 0.300 e. The molecule has 4 nitrogen and oxygen atoms in total. The lowest BCUT2D eigenvalue weighted by atomic mass is 10.2. The van der Waals surface area contributed by atoms with E-state index >= 15 is 0 Å². The van der Waals surface area contributed by atoms with Gasteiger partial charge in [-0.05, 0) is 6.92 Å². The minimum Gasteiger partial charge on any atom is -0.300 e. The van der Waals surface area contributed by atoms with Crippen molar-refractivity contribution >= 4 is 23.2 Å². The molecule has 0 amide bonds. The quantitative estimate of drug-likeness (QED) is 0.790. The van der Waals surface area contributed by atoms with Crippen LogP contribution in [0.2, 0.25) is 5.02 Å². The van der Waals surface area contributed by atoms with E-state index in [-0.39, 0.29) is 0 Å². The molecule has 0 saturated carbocycles. The van der Waals surface area contributed by atoms with Gasteiger partial charge in [0.1, 0.15) is 0 Å². The van der Waals surface area contributed by atoms with Crippen molar-refractivity contribution in [3.63, 3.8) is 0 Å². The lowest BCUT2D eigenvalue weighted by molar-refractivity contribution is 0.130. The zero-order valence-corrected chi connectivity index (χ0v) is 12.5. The van der Waals surface area contributed by atoms with Gasteiger partial charge in [0, 0.05) is 52.2 Å². The predicted molar refractivity (Wildman–Crippen MR) is 75.4 cm³/mol. The number of hydrogen-bond acceptors (Lipinski definition) is 3. The summed E-state index contributed by atoms with van der Waals surface area (Å²) >= 11 is 12.0. The van der Waals surface area contributed by atoms with Gasteiger partial charge in [-0.2, -0.15) is 5.10 Å². The summed E-state index contributed by atoms with van der Waals surface area (Å²) in [6.07, 6.45) is 0. The van der Waals surface area contributed by atoms with E-state index in [2.05, 4.69) is 14.9 Å². The summed E-state index contributed by atoms with van der Waals surface area (Å²) in [5, 5.41) is 5.16. The Morgan fingerprint density at radius 1 is 1.17 bits per heavy atom. The zero-order chi connectivity index (χ0) is 13.1. The first-order valence-corrected chi connectivity index (χ1v) is 7.21. The third kappa shape index (κ3) is 3.18. The monoisotopic (exact) mass is 290 g/mol. The maximum Gasteiger partial charge on any atom is 0.0860 e. The number of halogens is 2. The van der Waals surface area contributed by atoms with Crippen molar-refractivity contribution < 1.29 is 0 Å². The van der Waals surface area contributed by atoms with Crippen molar-refractivity contribution in [1.29, 1.82) is 0 Å². The Morgan fingerprint density at radius 2 is 1.78 bits per heavy atom. The van der Waals surface area contributed by atoms with Crippen LogP contribution in [-0.2, 0) is 13.6 Å². The van der Waals surface area contributed by atoms with Crippen LogP contribution < -0.4 is 0 Å². The molecule has 0 aliphatic carbocycles. The zero-order valence-electron chi connectivity index (χ0n) is 11.0. The van der Waals surface area contributed by atoms with Crippen molar-refractivity contribution in [3.05, 3.63) is 16.4 Å². The Kier molecular flexibility index (Phi) is 4.90. The molecule has 0 unspecified atom stereocenters. The Labute approximate surface area is 118 Å². The fourth-order valence-corrected chi connectivity index (χ4v) is 2.81. The molecule has 1 aliphatic heterocycles. The van der Waals surface area contributed by atoms with Crippen LogP contribution in [0.15, 0.2) is 0 Å². The molecule has 6 heteroatoms. The molecule has 1 saturated heterocycles. The first-order valence-electron chi connectivity index (χ1n) is 6.30. The molecule has 2 rings (SSSR count). The fraction of sp³-hybridized carbons (Fsp3) is 0.750. The fourth-order valence-electron chi connectivity index (χ4n) is 2.35. The van der Waals surface area contributed by atoms with Crippen molar-refractivity contribution in [1.82, 2.24) is 19.6 Å². The van der Waals surface area contributed by atoms with Gasteiger partial charge in [0.2, 0.25) is 0 Å². The van der Waals surface area contributed by atoms with Gasteiger partial charge in [-0.1, -0.05) is 11.6 Å². The second-order valence-corrected chi connectivity index (χ2v) is 5.53. The number of rotatable bonds is 4. The minimum absolute atomic E-state index is 0.715. The number of piperazine rings is 1. The summed E-state index contributed by atoms with van der Waals surface area (Å²) in [6, 6.07) is 0. The summed E-state index contributed by atoms with van der Waals surface area (Å²) in [4.78, 5) is 4.83. The van der Waals surface area contributed by atoms with Crippen LogP contribution in [0.3, 0.4) is 0 Å². The number of aromatic nitrogens is 2. The second-order valence-electron chi connectivity index (χ2n) is 4.78. The van der Waals surface area contributed by atoms with E-state index in [1.165, 1.54) is 0 Å². The van der Waals surface area contributed by atoms with Crippen LogP contribution in [0.1, 0.15) is 11.4 Å². The highest BCUT2D eigenvalue weighted by molar-refractivity contribution is 6.31. The highest BCUT2D eigenvalue weighted by Gasteiger charge is 2.19. The first-order chi connectivity index (χ1) is 8.61. The van der Waals surface area contributed by atoms with Gasteiger partial charge in [0.05, 0.1) is 16.4 Å². The molecule has 102 valence electrons. The smallest absolute Gasteiger partial charge is 0.0860 e. The molecule has 2 heterocycles. The maximum absolute atomic E-state index is 6.27. The number of hydrogen-bond donors (Lipinski definition) is 0. The molecule has 1 aromatic heterocycles. The molecule has 0 radical (unpaired) electrons. The molecule has 1 aliphatic rings. The van der Waals surface area contributed by atoms with Crippen LogP contribution in [0.5, 0.6) is 0 Å². The van der Waals surface area contributed by atoms with E-state index in [4.69, 9.17) is 23.2 Å². The van der Waals surface area contributed by atoms with E-state index in [1.807, 2.05) is 18.7 Å². The van der Waals surface area contributed by atoms with Crippen LogP contribution >= 0.6 is 23.2 Å². The summed E-state index contributed by atoms with van der Waals surface area (Å²) in [6.45, 7) is 8.12. The van der Waals surface area contributed by atoms with Gasteiger partial charge in [0.15, 0.2) is 0 Å². The first kappa shape index (κ1) is 14.1. The van der Waals surface area contributed by atoms with Crippen LogP contribution in [0, 0.1) is 6.92 Å². The summed E-state index contributed by atoms with van der Waals surface area (Å²) < 4.78 is 1.89. The topological polar surface area (TPSA) is 24.3 Å². The van der Waals surface area contributed by atoms with Crippen LogP contribution in [0.25, 0.3) is 0 Å². The van der Waals surface area contributed by atoms with E-state index in [0.29, 0.717) is 5.88 Å². The molecule has 0 bridgehead atoms. The molecule has 1 fully saturated rings. The third-order valence-electron chi connectivity index (χ3n) is 3.50. The van der Waals surface area contributed by atoms with Crippen molar-refractivity contribution in [2.75, 3.05) is 38.6 Å². The van der Waals surface area contributed by atoms with Crippen molar-refractivity contribution in [2.45, 2.75) is 13.5 Å². The Balaban J connectivity index is 1.91. The molecule has 1 aromatic rings. The Morgan fingerprint density at radius 3 is 2.28 bits per heavy atom. The minimum atomic E-state index is 0.715. The highest BCUT2D eigenvalue weighted by Crippen LogP contribution is 2.21. The second kappa shape index (κ2) is 6.24. The van der Waals surface area contributed by atoms with E-state index in [0.717, 1.165) is 55.7 Å². The lowest BCUT2D eigenvalue weighted by Crippen LogP contribution is -2.46. The number of aryl methyl sites for hydroxylation is 2. The van der Waals surface area contributed by atoms with E-state index < -0.39 is 0 Å². The van der Waals surface area contributed by atoms with E-state index in [9.17, 15) is 0 Å². The van der Waals surface area contributed by atoms with Crippen molar-refractivity contribution in [3.8, 4) is 0 Å². The van der Waals surface area contributed by atoms with Crippen molar-refractivity contribution in [2.24, 2.45) is 7.05 Å².